The van der Waals surface area contributed by atoms with Crippen LogP contribution in [-0.4, -0.2) is 61.8 Å². The van der Waals surface area contributed by atoms with E-state index >= 15 is 0 Å². The Kier molecular flexibility index (Phi) is 5.11. The minimum Gasteiger partial charge on any atom is -0.335 e. The summed E-state index contributed by atoms with van der Waals surface area (Å²) in [6.07, 6.45) is 3.33. The van der Waals surface area contributed by atoms with Crippen molar-refractivity contribution in [3.8, 4) is 11.4 Å². The number of halogens is 4. The quantitative estimate of drug-likeness (QED) is 0.606. The molecule has 1 N–H and O–H groups in total. The molecule has 0 amide bonds. The molecule has 3 aromatic heterocycles. The Balaban J connectivity index is 1.56. The predicted molar refractivity (Wildman–Crippen MR) is 114 cm³/mol. The van der Waals surface area contributed by atoms with Crippen LogP contribution in [0.3, 0.4) is 0 Å². The summed E-state index contributed by atoms with van der Waals surface area (Å²) < 4.78 is 55.4. The number of rotatable bonds is 3. The molecular weight excluding hydrogens is 440 g/mol. The highest BCUT2D eigenvalue weighted by Gasteiger charge is 2.36. The van der Waals surface area contributed by atoms with Crippen molar-refractivity contribution in [2.24, 2.45) is 4.99 Å². The van der Waals surface area contributed by atoms with Crippen LogP contribution in [0.25, 0.3) is 17.0 Å². The molecule has 33 heavy (non-hydrogen) atoms. The van der Waals surface area contributed by atoms with Crippen molar-refractivity contribution >= 4 is 17.8 Å². The van der Waals surface area contributed by atoms with Crippen LogP contribution in [0, 0.1) is 5.82 Å². The number of piperazine rings is 1. The molecule has 0 aliphatic carbocycles. The topological polar surface area (TPSA) is 83.6 Å². The zero-order valence-electron chi connectivity index (χ0n) is 17.8. The van der Waals surface area contributed by atoms with Crippen LogP contribution >= 0.6 is 0 Å². The summed E-state index contributed by atoms with van der Waals surface area (Å²) in [7, 11) is 0. The third kappa shape index (κ3) is 3.84. The van der Waals surface area contributed by atoms with Gasteiger partial charge in [-0.25, -0.2) is 24.3 Å². The zero-order chi connectivity index (χ0) is 23.3. The summed E-state index contributed by atoms with van der Waals surface area (Å²) in [6.45, 7) is 5.24. The van der Waals surface area contributed by atoms with Gasteiger partial charge >= 0.3 is 6.18 Å². The molecule has 1 saturated heterocycles. The van der Waals surface area contributed by atoms with Gasteiger partial charge in [-0.2, -0.15) is 13.2 Å². The lowest BCUT2D eigenvalue weighted by Gasteiger charge is -2.43. The van der Waals surface area contributed by atoms with Gasteiger partial charge in [0.25, 0.3) is 0 Å². The lowest BCUT2D eigenvalue weighted by Crippen LogP contribution is -2.61. The molecule has 12 heteroatoms. The number of nitrogens with one attached hydrogen (secondary N) is 1. The summed E-state index contributed by atoms with van der Waals surface area (Å²) in [5, 5.41) is 3.55. The summed E-state index contributed by atoms with van der Waals surface area (Å²) in [6, 6.07) is 0.00117. The molecule has 0 spiro atoms. The lowest BCUT2D eigenvalue weighted by molar-refractivity contribution is -0.141. The van der Waals surface area contributed by atoms with Crippen LogP contribution in [0.1, 0.15) is 19.5 Å². The highest BCUT2D eigenvalue weighted by Crippen LogP contribution is 2.30. The minimum absolute atomic E-state index is 0.0201. The third-order valence-corrected chi connectivity index (χ3v) is 5.86. The number of alkyl halides is 3. The number of aromatic nitrogens is 5. The largest absolute Gasteiger partial charge is 0.434 e. The molecule has 172 valence electrons. The lowest BCUT2D eigenvalue weighted by atomic mass is 9.96. The Bertz CT molecular complexity index is 1260. The molecule has 2 aliphatic heterocycles. The van der Waals surface area contributed by atoms with E-state index in [1.54, 1.807) is 0 Å². The second kappa shape index (κ2) is 7.87. The van der Waals surface area contributed by atoms with Gasteiger partial charge in [0.2, 0.25) is 5.95 Å². The fraction of sp³-hybridized carbons (Fsp3) is 0.381. The number of imidazole rings is 1. The van der Waals surface area contributed by atoms with Crippen molar-refractivity contribution in [3.63, 3.8) is 0 Å². The minimum atomic E-state index is -4.65. The molecule has 0 aromatic carbocycles. The molecule has 1 fully saturated rings. The molecule has 2 aliphatic rings. The number of fused-ring (bicyclic) bond motifs is 1. The molecule has 5 heterocycles. The van der Waals surface area contributed by atoms with E-state index in [4.69, 9.17) is 0 Å². The van der Waals surface area contributed by atoms with Gasteiger partial charge in [0.05, 0.1) is 36.9 Å². The van der Waals surface area contributed by atoms with Crippen LogP contribution in [-0.2, 0) is 6.18 Å². The second-order valence-electron chi connectivity index (χ2n) is 8.15. The highest BCUT2D eigenvalue weighted by atomic mass is 19.4. The Morgan fingerprint density at radius 3 is 2.64 bits per heavy atom. The number of hydrogen-bond donors (Lipinski definition) is 1. The van der Waals surface area contributed by atoms with Crippen molar-refractivity contribution in [2.45, 2.75) is 38.1 Å². The maximum Gasteiger partial charge on any atom is 0.434 e. The fourth-order valence-corrected chi connectivity index (χ4v) is 4.24. The highest BCUT2D eigenvalue weighted by molar-refractivity contribution is 5.83. The van der Waals surface area contributed by atoms with Crippen molar-refractivity contribution in [1.82, 2.24) is 29.7 Å². The molecule has 3 aromatic rings. The van der Waals surface area contributed by atoms with Crippen LogP contribution in [0.4, 0.5) is 23.5 Å². The van der Waals surface area contributed by atoms with Crippen molar-refractivity contribution in [3.05, 3.63) is 47.9 Å². The molecule has 3 atom stereocenters. The van der Waals surface area contributed by atoms with Crippen molar-refractivity contribution < 1.29 is 17.6 Å². The predicted octanol–water partition coefficient (Wildman–Crippen LogP) is 2.91. The van der Waals surface area contributed by atoms with E-state index in [2.05, 4.69) is 30.2 Å². The average molecular weight is 460 g/mol. The Morgan fingerprint density at radius 1 is 1.09 bits per heavy atom. The molecule has 0 saturated carbocycles. The van der Waals surface area contributed by atoms with E-state index in [0.29, 0.717) is 13.1 Å². The number of hydrogen-bond acceptors (Lipinski definition) is 7. The van der Waals surface area contributed by atoms with Crippen LogP contribution in [0.2, 0.25) is 0 Å². The SMILES string of the molecule is CC1CN(c2ncc(F)c(-c3cnc4cnc(C(F)(F)F)cn34)n2)C(C)C(C2=CCN=C2)N1. The first kappa shape index (κ1) is 21.4. The maximum atomic E-state index is 14.8. The Morgan fingerprint density at radius 2 is 1.91 bits per heavy atom. The monoisotopic (exact) mass is 460 g/mol. The molecule has 5 rings (SSSR count). The van der Waals surface area contributed by atoms with Gasteiger partial charge in [0, 0.05) is 31.0 Å². The van der Waals surface area contributed by atoms with E-state index in [1.807, 2.05) is 31.0 Å². The number of anilines is 1. The number of nitrogens with zero attached hydrogens (tertiary/aromatic N) is 7. The smallest absolute Gasteiger partial charge is 0.335 e. The summed E-state index contributed by atoms with van der Waals surface area (Å²) in [4.78, 5) is 22.3. The van der Waals surface area contributed by atoms with Crippen LogP contribution in [0.15, 0.2) is 41.4 Å². The van der Waals surface area contributed by atoms with Crippen LogP contribution < -0.4 is 10.2 Å². The standard InChI is InChI=1S/C21H20F4N8/c1-11-9-32(12(2)18(30-11)13-3-4-26-5-13)20-29-6-14(22)19(31-20)15-7-28-17-8-27-16(10-33(15)17)21(23,24)25/h3,5-8,10-12,18,30H,4,9H2,1-2H3. The van der Waals surface area contributed by atoms with Gasteiger partial charge in [0.1, 0.15) is 5.69 Å². The van der Waals surface area contributed by atoms with E-state index in [0.717, 1.165) is 28.6 Å². The molecule has 0 radical (unpaired) electrons. The average Bonchev–Trinajstić information content (AvgIpc) is 3.45. The fourth-order valence-electron chi connectivity index (χ4n) is 4.24. The van der Waals surface area contributed by atoms with E-state index in [1.165, 1.54) is 6.20 Å². The zero-order valence-corrected chi connectivity index (χ0v) is 17.8. The first-order valence-electron chi connectivity index (χ1n) is 10.4. The molecule has 3 unspecified atom stereocenters. The van der Waals surface area contributed by atoms with Crippen molar-refractivity contribution in [1.29, 1.82) is 0 Å². The third-order valence-electron chi connectivity index (χ3n) is 5.86. The molecule has 0 bridgehead atoms. The van der Waals surface area contributed by atoms with Gasteiger partial charge in [-0.1, -0.05) is 6.08 Å². The normalized spacial score (nSPS) is 23.4. The van der Waals surface area contributed by atoms with Gasteiger partial charge in [-0.05, 0) is 19.4 Å². The van der Waals surface area contributed by atoms with E-state index in [9.17, 15) is 17.6 Å². The maximum absolute atomic E-state index is 14.8. The first-order chi connectivity index (χ1) is 15.7. The van der Waals surface area contributed by atoms with Crippen LogP contribution in [0.5, 0.6) is 0 Å². The van der Waals surface area contributed by atoms with Crippen molar-refractivity contribution in [2.75, 3.05) is 18.0 Å². The Labute approximate surface area is 186 Å². The summed E-state index contributed by atoms with van der Waals surface area (Å²) in [5.41, 5.74) is 0.0490. The number of aliphatic imine (C=N–C) groups is 1. The molecular formula is C21H20F4N8. The molecule has 8 nitrogen and oxygen atoms in total. The second-order valence-corrected chi connectivity index (χ2v) is 8.15. The van der Waals surface area contributed by atoms with Gasteiger partial charge < -0.3 is 10.2 Å². The Hall–Kier alpha value is -3.41. The van der Waals surface area contributed by atoms with Gasteiger partial charge in [0.15, 0.2) is 17.2 Å². The van der Waals surface area contributed by atoms with E-state index in [-0.39, 0.29) is 41.1 Å². The van der Waals surface area contributed by atoms with Gasteiger partial charge in [-0.3, -0.25) is 9.39 Å². The summed E-state index contributed by atoms with van der Waals surface area (Å²) >= 11 is 0. The van der Waals surface area contributed by atoms with Gasteiger partial charge in [-0.15, -0.1) is 0 Å². The summed E-state index contributed by atoms with van der Waals surface area (Å²) in [5.74, 6) is -0.475. The van der Waals surface area contributed by atoms with E-state index < -0.39 is 17.7 Å². The first-order valence-corrected chi connectivity index (χ1v) is 10.4.